The Morgan fingerprint density at radius 1 is 0.771 bits per heavy atom. The normalized spacial score (nSPS) is 9.77. The van der Waals surface area contributed by atoms with E-state index in [1.54, 1.807) is 6.07 Å². The van der Waals surface area contributed by atoms with Crippen LogP contribution in [-0.4, -0.2) is 35.2 Å². The molecule has 4 rings (SSSR count). The maximum Gasteiger partial charge on any atom is 0.336 e. The number of carbonyl (C=O) groups excluding carboxylic acids is 2. The van der Waals surface area contributed by atoms with E-state index in [9.17, 15) is 24.6 Å². The smallest absolute Gasteiger partial charge is 0.336 e. The number of carbonyl (C=O) groups is 4. The molecule has 4 aromatic carbocycles. The molecule has 0 saturated carbocycles. The third-order valence-electron chi connectivity index (χ3n) is 5.15. The van der Waals surface area contributed by atoms with E-state index >= 15 is 0 Å². The van der Waals surface area contributed by atoms with Gasteiger partial charge in [0.15, 0.2) is 6.29 Å². The van der Waals surface area contributed by atoms with Crippen molar-refractivity contribution in [3.63, 3.8) is 0 Å². The van der Waals surface area contributed by atoms with Crippen molar-refractivity contribution in [2.24, 2.45) is 0 Å². The predicted molar refractivity (Wildman–Crippen MR) is 136 cm³/mol. The minimum atomic E-state index is -1.22. The van der Waals surface area contributed by atoms with Crippen LogP contribution in [0.4, 0.5) is 5.69 Å². The summed E-state index contributed by atoms with van der Waals surface area (Å²) in [6.45, 7) is 5.93. The number of aromatic carboxylic acids is 2. The van der Waals surface area contributed by atoms with Crippen LogP contribution in [0.5, 0.6) is 0 Å². The first-order chi connectivity index (χ1) is 16.7. The number of aldehydes is 1. The Kier molecular flexibility index (Phi) is 9.00. The van der Waals surface area contributed by atoms with Crippen molar-refractivity contribution >= 4 is 41.5 Å². The van der Waals surface area contributed by atoms with Crippen molar-refractivity contribution in [3.8, 4) is 11.1 Å². The largest absolute Gasteiger partial charge is 0.478 e. The topological polar surface area (TPSA) is 135 Å². The fourth-order valence-corrected chi connectivity index (χ4v) is 3.70. The van der Waals surface area contributed by atoms with Crippen LogP contribution in [0.1, 0.15) is 42.2 Å². The van der Waals surface area contributed by atoms with Gasteiger partial charge < -0.3 is 20.7 Å². The van der Waals surface area contributed by atoms with Gasteiger partial charge >= 0.3 is 11.9 Å². The molecule has 0 amide bonds. The summed E-state index contributed by atoms with van der Waals surface area (Å²) in [4.78, 5) is 42.8. The molecular formula is C28H25NO6. The van der Waals surface area contributed by atoms with Gasteiger partial charge in [-0.25, -0.2) is 9.59 Å². The van der Waals surface area contributed by atoms with Crippen molar-refractivity contribution in [2.75, 3.05) is 5.73 Å². The first-order valence-corrected chi connectivity index (χ1v) is 10.4. The fourth-order valence-electron chi connectivity index (χ4n) is 3.70. The molecule has 4 aromatic rings. The SMILES string of the molecule is C=O.Cc1cccc(-c2ccc(C(=O)O)c3c(C=O)ccc(C(=O)O)c23)c1.Cc1cccc(N)c1. The number of hydrogen-bond acceptors (Lipinski definition) is 5. The van der Waals surface area contributed by atoms with E-state index in [-0.39, 0.29) is 27.5 Å². The Morgan fingerprint density at radius 2 is 1.31 bits per heavy atom. The molecule has 0 saturated heterocycles. The number of benzene rings is 4. The Morgan fingerprint density at radius 3 is 1.80 bits per heavy atom. The molecule has 0 unspecified atom stereocenters. The highest BCUT2D eigenvalue weighted by Crippen LogP contribution is 2.35. The van der Waals surface area contributed by atoms with E-state index in [0.29, 0.717) is 11.8 Å². The zero-order valence-corrected chi connectivity index (χ0v) is 19.3. The van der Waals surface area contributed by atoms with E-state index < -0.39 is 11.9 Å². The molecule has 4 N–H and O–H groups in total. The van der Waals surface area contributed by atoms with E-state index in [2.05, 4.69) is 0 Å². The average molecular weight is 472 g/mol. The van der Waals surface area contributed by atoms with Gasteiger partial charge in [0.25, 0.3) is 0 Å². The van der Waals surface area contributed by atoms with Gasteiger partial charge in [0.2, 0.25) is 0 Å². The molecule has 0 bridgehead atoms. The van der Waals surface area contributed by atoms with Crippen LogP contribution in [-0.2, 0) is 4.79 Å². The molecule has 178 valence electrons. The molecule has 0 atom stereocenters. The van der Waals surface area contributed by atoms with Gasteiger partial charge in [0, 0.05) is 22.0 Å². The molecule has 0 aliphatic heterocycles. The van der Waals surface area contributed by atoms with Crippen LogP contribution in [0, 0.1) is 13.8 Å². The van der Waals surface area contributed by atoms with Gasteiger partial charge in [0.05, 0.1) is 11.1 Å². The molecule has 0 aromatic heterocycles. The van der Waals surface area contributed by atoms with Gasteiger partial charge in [0.1, 0.15) is 6.79 Å². The Labute approximate surface area is 202 Å². The number of carboxylic acid groups (broad SMARTS) is 2. The molecule has 0 aliphatic carbocycles. The first kappa shape index (κ1) is 26.5. The second-order valence-electron chi connectivity index (χ2n) is 7.62. The lowest BCUT2D eigenvalue weighted by Crippen LogP contribution is -2.05. The quantitative estimate of drug-likeness (QED) is 0.267. The van der Waals surface area contributed by atoms with Crippen molar-refractivity contribution in [1.82, 2.24) is 0 Å². The number of aryl methyl sites for hydroxylation is 2. The van der Waals surface area contributed by atoms with Crippen LogP contribution in [0.25, 0.3) is 21.9 Å². The highest BCUT2D eigenvalue weighted by Gasteiger charge is 2.21. The van der Waals surface area contributed by atoms with Gasteiger partial charge in [-0.2, -0.15) is 0 Å². The molecule has 0 spiro atoms. The Balaban J connectivity index is 0.000000363. The van der Waals surface area contributed by atoms with Gasteiger partial charge in [-0.1, -0.05) is 54.1 Å². The average Bonchev–Trinajstić information content (AvgIpc) is 2.84. The monoisotopic (exact) mass is 471 g/mol. The van der Waals surface area contributed by atoms with Gasteiger partial charge in [-0.3, -0.25) is 4.79 Å². The minimum absolute atomic E-state index is 0.0415. The standard InChI is InChI=1S/C20H14O5.C7H9N.CH2O/c1-11-3-2-4-12(9-11)14-7-8-15(19(22)23)17-13(10-21)5-6-16(18(14)17)20(24)25;1-6-3-2-4-7(8)5-6;1-2/h2-10H,1H3,(H,22,23)(H,24,25);2-5H,8H2,1H3;1H2. The molecule has 0 aliphatic rings. The lowest BCUT2D eigenvalue weighted by molar-refractivity contribution is -0.0980. The molecule has 35 heavy (non-hydrogen) atoms. The zero-order chi connectivity index (χ0) is 26.1. The molecule has 0 heterocycles. The second kappa shape index (κ2) is 11.9. The Hall–Kier alpha value is -4.78. The molecule has 0 radical (unpaired) electrons. The van der Waals surface area contributed by atoms with E-state index in [0.717, 1.165) is 16.8 Å². The number of anilines is 1. The number of fused-ring (bicyclic) bond motifs is 1. The molecule has 7 heteroatoms. The van der Waals surface area contributed by atoms with Gasteiger partial charge in [-0.15, -0.1) is 0 Å². The van der Waals surface area contributed by atoms with Crippen molar-refractivity contribution < 1.29 is 29.4 Å². The molecule has 0 fully saturated rings. The Bertz CT molecular complexity index is 1380. The summed E-state index contributed by atoms with van der Waals surface area (Å²) < 4.78 is 0. The van der Waals surface area contributed by atoms with Crippen molar-refractivity contribution in [1.29, 1.82) is 0 Å². The number of rotatable bonds is 4. The van der Waals surface area contributed by atoms with E-state index in [4.69, 9.17) is 10.5 Å². The van der Waals surface area contributed by atoms with Gasteiger partial charge in [-0.05, 0) is 54.8 Å². The molecule has 7 nitrogen and oxygen atoms in total. The predicted octanol–water partition coefficient (Wildman–Crippen LogP) is 5.42. The van der Waals surface area contributed by atoms with Crippen LogP contribution < -0.4 is 5.73 Å². The summed E-state index contributed by atoms with van der Waals surface area (Å²) in [7, 11) is 0. The third-order valence-corrected chi connectivity index (χ3v) is 5.15. The molecular weight excluding hydrogens is 446 g/mol. The summed E-state index contributed by atoms with van der Waals surface area (Å²) >= 11 is 0. The number of nitrogen functional groups attached to an aromatic ring is 1. The van der Waals surface area contributed by atoms with Crippen LogP contribution in [0.3, 0.4) is 0 Å². The summed E-state index contributed by atoms with van der Waals surface area (Å²) in [5.74, 6) is -2.40. The summed E-state index contributed by atoms with van der Waals surface area (Å²) in [5.41, 5.74) is 9.83. The highest BCUT2D eigenvalue weighted by molar-refractivity contribution is 6.19. The third kappa shape index (κ3) is 6.17. The highest BCUT2D eigenvalue weighted by atomic mass is 16.4. The van der Waals surface area contributed by atoms with E-state index in [1.165, 1.54) is 23.8 Å². The van der Waals surface area contributed by atoms with Crippen LogP contribution in [0.2, 0.25) is 0 Å². The summed E-state index contributed by atoms with van der Waals surface area (Å²) in [6, 6.07) is 20.9. The first-order valence-electron chi connectivity index (χ1n) is 10.4. The number of nitrogens with two attached hydrogens (primary N) is 1. The number of hydrogen-bond donors (Lipinski definition) is 3. The number of carboxylic acids is 2. The van der Waals surface area contributed by atoms with Crippen molar-refractivity contribution in [2.45, 2.75) is 13.8 Å². The summed E-state index contributed by atoms with van der Waals surface area (Å²) in [5, 5.41) is 19.4. The van der Waals surface area contributed by atoms with Crippen molar-refractivity contribution in [3.05, 3.63) is 101 Å². The fraction of sp³-hybridized carbons (Fsp3) is 0.0714. The summed E-state index contributed by atoms with van der Waals surface area (Å²) in [6.07, 6.45) is 0.542. The lowest BCUT2D eigenvalue weighted by Gasteiger charge is -2.14. The minimum Gasteiger partial charge on any atom is -0.478 e. The van der Waals surface area contributed by atoms with Crippen LogP contribution >= 0.6 is 0 Å². The van der Waals surface area contributed by atoms with E-state index in [1.807, 2.05) is 69.2 Å². The maximum absolute atomic E-state index is 11.7. The second-order valence-corrected chi connectivity index (χ2v) is 7.62. The maximum atomic E-state index is 11.7. The lowest BCUT2D eigenvalue weighted by atomic mass is 9.89. The van der Waals surface area contributed by atoms with Crippen LogP contribution in [0.15, 0.2) is 72.8 Å². The zero-order valence-electron chi connectivity index (χ0n) is 19.3.